The predicted molar refractivity (Wildman–Crippen MR) is 47.4 cm³/mol. The SMILES string of the molecule is SC1=c2ncccc2=C=C=C1. The van der Waals surface area contributed by atoms with Crippen LogP contribution < -0.4 is 10.6 Å². The molecule has 1 aliphatic rings. The lowest BCUT2D eigenvalue weighted by Crippen LogP contribution is -2.28. The van der Waals surface area contributed by atoms with Gasteiger partial charge in [0, 0.05) is 17.2 Å². The first-order chi connectivity index (χ1) is 5.38. The first-order valence-electron chi connectivity index (χ1n) is 3.24. The Morgan fingerprint density at radius 3 is 3.18 bits per heavy atom. The lowest BCUT2D eigenvalue weighted by Gasteiger charge is -1.91. The molecule has 0 aromatic carbocycles. The zero-order chi connectivity index (χ0) is 7.68. The molecule has 1 nitrogen and oxygen atoms in total. The van der Waals surface area contributed by atoms with Gasteiger partial charge in [-0.1, -0.05) is 11.5 Å². The van der Waals surface area contributed by atoms with Crippen LogP contribution in [0.2, 0.25) is 0 Å². The van der Waals surface area contributed by atoms with Gasteiger partial charge in [-0.15, -0.1) is 12.6 Å². The Kier molecular flexibility index (Phi) is 1.45. The van der Waals surface area contributed by atoms with E-state index in [1.54, 1.807) is 12.3 Å². The number of thiol groups is 1. The van der Waals surface area contributed by atoms with E-state index in [0.29, 0.717) is 0 Å². The van der Waals surface area contributed by atoms with Gasteiger partial charge < -0.3 is 0 Å². The molecule has 1 aliphatic carbocycles. The zero-order valence-corrected chi connectivity index (χ0v) is 6.60. The van der Waals surface area contributed by atoms with E-state index in [1.807, 2.05) is 12.1 Å². The number of pyridine rings is 1. The van der Waals surface area contributed by atoms with E-state index in [0.717, 1.165) is 15.5 Å². The van der Waals surface area contributed by atoms with E-state index in [4.69, 9.17) is 0 Å². The first-order valence-corrected chi connectivity index (χ1v) is 3.69. The number of nitrogens with zero attached hydrogens (tertiary/aromatic N) is 1. The van der Waals surface area contributed by atoms with E-state index in [1.165, 1.54) is 0 Å². The fourth-order valence-corrected chi connectivity index (χ4v) is 1.20. The maximum atomic E-state index is 4.24. The number of fused-ring (bicyclic) bond motifs is 1. The molecule has 0 saturated carbocycles. The Morgan fingerprint density at radius 2 is 2.36 bits per heavy atom. The summed E-state index contributed by atoms with van der Waals surface area (Å²) in [7, 11) is 0. The van der Waals surface area contributed by atoms with Crippen molar-refractivity contribution in [2.75, 3.05) is 0 Å². The third kappa shape index (κ3) is 1.04. The molecule has 0 atom stereocenters. The van der Waals surface area contributed by atoms with Gasteiger partial charge >= 0.3 is 0 Å². The standard InChI is InChI=1S/C9H5NS/c11-8-5-1-3-7-4-2-6-10-9(7)8/h2,4-6,11H. The van der Waals surface area contributed by atoms with E-state index >= 15 is 0 Å². The van der Waals surface area contributed by atoms with Crippen LogP contribution in [0.25, 0.3) is 10.6 Å². The normalized spacial score (nSPS) is 12.6. The van der Waals surface area contributed by atoms with E-state index in [2.05, 4.69) is 29.1 Å². The molecule has 0 fully saturated rings. The lowest BCUT2D eigenvalue weighted by molar-refractivity contribution is 1.22. The summed E-state index contributed by atoms with van der Waals surface area (Å²) < 4.78 is 0. The maximum Gasteiger partial charge on any atom is 0.0925 e. The molecule has 0 N–H and O–H groups in total. The highest BCUT2D eigenvalue weighted by molar-refractivity contribution is 7.90. The third-order valence-corrected chi connectivity index (χ3v) is 1.81. The Labute approximate surface area is 69.5 Å². The summed E-state index contributed by atoms with van der Waals surface area (Å²) in [5.74, 6) is 0. The van der Waals surface area contributed by atoms with Crippen LogP contribution in [0.5, 0.6) is 0 Å². The summed E-state index contributed by atoms with van der Waals surface area (Å²) >= 11 is 4.24. The molecule has 2 rings (SSSR count). The molecule has 0 radical (unpaired) electrons. The molecular weight excluding hydrogens is 154 g/mol. The quantitative estimate of drug-likeness (QED) is 0.422. The highest BCUT2D eigenvalue weighted by Gasteiger charge is 1.91. The Morgan fingerprint density at radius 1 is 1.45 bits per heavy atom. The zero-order valence-electron chi connectivity index (χ0n) is 5.70. The van der Waals surface area contributed by atoms with Crippen LogP contribution in [0.15, 0.2) is 30.1 Å². The topological polar surface area (TPSA) is 12.9 Å². The van der Waals surface area contributed by atoms with Gasteiger partial charge in [0.05, 0.1) is 10.6 Å². The van der Waals surface area contributed by atoms with Crippen LogP contribution in [0.3, 0.4) is 0 Å². The fourth-order valence-electron chi connectivity index (χ4n) is 0.961. The number of rotatable bonds is 0. The first kappa shape index (κ1) is 6.51. The summed E-state index contributed by atoms with van der Waals surface area (Å²) in [5.41, 5.74) is 5.82. The van der Waals surface area contributed by atoms with E-state index in [-0.39, 0.29) is 0 Å². The van der Waals surface area contributed by atoms with Crippen LogP contribution >= 0.6 is 12.6 Å². The number of aromatic nitrogens is 1. The molecule has 0 amide bonds. The van der Waals surface area contributed by atoms with Crippen LogP contribution in [-0.2, 0) is 0 Å². The van der Waals surface area contributed by atoms with Crippen LogP contribution in [0.4, 0.5) is 0 Å². The largest absolute Gasteiger partial charge is 0.254 e. The monoisotopic (exact) mass is 159 g/mol. The van der Waals surface area contributed by atoms with Gasteiger partial charge in [-0.3, -0.25) is 4.98 Å². The highest BCUT2D eigenvalue weighted by Crippen LogP contribution is 1.98. The molecule has 1 aromatic heterocycles. The molecule has 52 valence electrons. The van der Waals surface area contributed by atoms with Crippen molar-refractivity contribution < 1.29 is 0 Å². The molecule has 1 aromatic rings. The smallest absolute Gasteiger partial charge is 0.0925 e. The summed E-state index contributed by atoms with van der Waals surface area (Å²) in [5, 5.41) is 1.84. The van der Waals surface area contributed by atoms with Gasteiger partial charge in [0.25, 0.3) is 0 Å². The summed E-state index contributed by atoms with van der Waals surface area (Å²) in [4.78, 5) is 5.00. The van der Waals surface area contributed by atoms with Crippen molar-refractivity contribution in [2.24, 2.45) is 0 Å². The van der Waals surface area contributed by atoms with Crippen LogP contribution in [0, 0.1) is 0 Å². The van der Waals surface area contributed by atoms with Crippen LogP contribution in [-0.4, -0.2) is 4.98 Å². The predicted octanol–water partition coefficient (Wildman–Crippen LogP) is 0.224. The molecule has 0 aliphatic heterocycles. The van der Waals surface area contributed by atoms with Gasteiger partial charge in [-0.05, 0) is 12.1 Å². The molecule has 0 unspecified atom stereocenters. The minimum Gasteiger partial charge on any atom is -0.254 e. The highest BCUT2D eigenvalue weighted by atomic mass is 32.1. The fraction of sp³-hybridized carbons (Fsp3) is 0. The maximum absolute atomic E-state index is 4.24. The van der Waals surface area contributed by atoms with Gasteiger partial charge in [0.2, 0.25) is 0 Å². The molecule has 0 bridgehead atoms. The molecule has 2 heteroatoms. The van der Waals surface area contributed by atoms with Crippen LogP contribution in [0.1, 0.15) is 0 Å². The Bertz CT molecular complexity index is 475. The van der Waals surface area contributed by atoms with Crippen molar-refractivity contribution >= 4 is 23.3 Å². The molecular formula is C9H5NS. The second-order valence-corrected chi connectivity index (χ2v) is 2.68. The second-order valence-electron chi connectivity index (χ2n) is 2.20. The van der Waals surface area contributed by atoms with E-state index in [9.17, 15) is 0 Å². The van der Waals surface area contributed by atoms with Gasteiger partial charge in [0.15, 0.2) is 0 Å². The third-order valence-electron chi connectivity index (χ3n) is 1.47. The molecule has 1 heterocycles. The van der Waals surface area contributed by atoms with Crippen molar-refractivity contribution in [1.29, 1.82) is 0 Å². The minimum atomic E-state index is 0.847. The molecule has 0 spiro atoms. The van der Waals surface area contributed by atoms with Gasteiger partial charge in [-0.2, -0.15) is 0 Å². The Balaban J connectivity index is 3.13. The van der Waals surface area contributed by atoms with Crippen molar-refractivity contribution in [1.82, 2.24) is 4.98 Å². The van der Waals surface area contributed by atoms with Gasteiger partial charge in [0.1, 0.15) is 0 Å². The lowest BCUT2D eigenvalue weighted by atomic mass is 10.3. The van der Waals surface area contributed by atoms with Crippen molar-refractivity contribution in [3.8, 4) is 0 Å². The average molecular weight is 159 g/mol. The summed E-state index contributed by atoms with van der Waals surface area (Å²) in [6.45, 7) is 0. The van der Waals surface area contributed by atoms with Gasteiger partial charge in [-0.25, -0.2) is 0 Å². The number of hydrogen-bond donors (Lipinski definition) is 1. The van der Waals surface area contributed by atoms with Crippen molar-refractivity contribution in [2.45, 2.75) is 0 Å². The molecule has 11 heavy (non-hydrogen) atoms. The molecule has 0 saturated heterocycles. The second kappa shape index (κ2) is 2.44. The Hall–Kier alpha value is -1.20. The van der Waals surface area contributed by atoms with Crippen molar-refractivity contribution in [3.63, 3.8) is 0 Å². The van der Waals surface area contributed by atoms with E-state index < -0.39 is 0 Å². The summed E-state index contributed by atoms with van der Waals surface area (Å²) in [6, 6.07) is 3.82. The number of hydrogen-bond acceptors (Lipinski definition) is 2. The van der Waals surface area contributed by atoms with Crippen molar-refractivity contribution in [3.05, 3.63) is 40.7 Å². The minimum absolute atomic E-state index is 0.847. The summed E-state index contributed by atoms with van der Waals surface area (Å²) in [6.07, 6.45) is 3.51. The average Bonchev–Trinajstić information content (AvgIpc) is 2.06.